The topological polar surface area (TPSA) is 9.23 Å². The van der Waals surface area contributed by atoms with Crippen LogP contribution in [-0.2, 0) is 6.42 Å². The minimum atomic E-state index is -1.74. The van der Waals surface area contributed by atoms with E-state index in [2.05, 4.69) is 0 Å². The Hall–Kier alpha value is -2.63. The average molecular weight is 422 g/mol. The normalized spacial score (nSPS) is 18.3. The van der Waals surface area contributed by atoms with E-state index in [1.165, 1.54) is 18.2 Å². The maximum absolute atomic E-state index is 14.6. The van der Waals surface area contributed by atoms with Crippen LogP contribution in [-0.4, -0.2) is 6.61 Å². The van der Waals surface area contributed by atoms with Crippen LogP contribution in [0.1, 0.15) is 54.7 Å². The fourth-order valence-corrected chi connectivity index (χ4v) is 3.81. The number of hydrogen-bond acceptors (Lipinski definition) is 1. The summed E-state index contributed by atoms with van der Waals surface area (Å²) in [5, 5.41) is 0. The van der Waals surface area contributed by atoms with Crippen LogP contribution in [0, 0.1) is 17.5 Å². The Morgan fingerprint density at radius 3 is 2.23 bits per heavy atom. The molecule has 0 bridgehead atoms. The van der Waals surface area contributed by atoms with Gasteiger partial charge in [0, 0.05) is 11.8 Å². The van der Waals surface area contributed by atoms with Gasteiger partial charge in [-0.2, -0.15) is 13.2 Å². The molecule has 2 atom stereocenters. The van der Waals surface area contributed by atoms with Crippen LogP contribution in [0.2, 0.25) is 0 Å². The summed E-state index contributed by atoms with van der Waals surface area (Å²) in [7, 11) is 0. The first-order chi connectivity index (χ1) is 14.4. The maximum atomic E-state index is 14.6. The van der Waals surface area contributed by atoms with E-state index in [4.69, 9.17) is 4.74 Å². The van der Waals surface area contributed by atoms with Crippen LogP contribution >= 0.6 is 0 Å². The zero-order valence-corrected chi connectivity index (χ0v) is 16.6. The standard InChI is InChI=1S/C24H23F5O/c1-2-30-21-13-12-19(23(28)24(21)29)17-9-7-16(8-10-17)18-11-6-15(14-20(18)25)4-3-5-22(26)27/h5-7,9,11-14,16-17H,2-4,8,10H2,1H3. The average Bonchev–Trinajstić information content (AvgIpc) is 2.72. The minimum Gasteiger partial charge on any atom is -0.491 e. The summed E-state index contributed by atoms with van der Waals surface area (Å²) in [6.45, 7) is 1.94. The van der Waals surface area contributed by atoms with Crippen molar-refractivity contribution in [3.63, 3.8) is 0 Å². The van der Waals surface area contributed by atoms with Gasteiger partial charge < -0.3 is 4.74 Å². The number of hydrogen-bond donors (Lipinski definition) is 0. The smallest absolute Gasteiger partial charge is 0.266 e. The second-order valence-corrected chi connectivity index (χ2v) is 7.28. The lowest BCUT2D eigenvalue weighted by molar-refractivity contribution is 0.313. The first kappa shape index (κ1) is 22.1. The molecule has 0 amide bonds. The number of rotatable bonds is 7. The minimum absolute atomic E-state index is 0.108. The van der Waals surface area contributed by atoms with Crippen molar-refractivity contribution >= 4 is 0 Å². The van der Waals surface area contributed by atoms with Gasteiger partial charge in [0.15, 0.2) is 11.6 Å². The fourth-order valence-electron chi connectivity index (χ4n) is 3.81. The highest BCUT2D eigenvalue weighted by molar-refractivity contribution is 5.37. The van der Waals surface area contributed by atoms with E-state index in [1.54, 1.807) is 25.1 Å². The third kappa shape index (κ3) is 5.10. The van der Waals surface area contributed by atoms with E-state index in [0.717, 1.165) is 6.08 Å². The molecular formula is C24H23F5O. The molecule has 3 rings (SSSR count). The van der Waals surface area contributed by atoms with Crippen LogP contribution in [0.3, 0.4) is 0 Å². The van der Waals surface area contributed by atoms with Crippen LogP contribution < -0.4 is 4.74 Å². The van der Waals surface area contributed by atoms with Crippen LogP contribution in [0.25, 0.3) is 0 Å². The molecule has 0 N–H and O–H groups in total. The number of benzene rings is 2. The molecule has 0 saturated carbocycles. The lowest BCUT2D eigenvalue weighted by Gasteiger charge is -2.24. The van der Waals surface area contributed by atoms with E-state index in [-0.39, 0.29) is 42.0 Å². The molecule has 1 nitrogen and oxygen atoms in total. The van der Waals surface area contributed by atoms with Gasteiger partial charge >= 0.3 is 0 Å². The summed E-state index contributed by atoms with van der Waals surface area (Å²) < 4.78 is 72.4. The van der Waals surface area contributed by atoms with Gasteiger partial charge in [-0.1, -0.05) is 30.4 Å². The predicted molar refractivity (Wildman–Crippen MR) is 106 cm³/mol. The van der Waals surface area contributed by atoms with E-state index < -0.39 is 17.7 Å². The summed E-state index contributed by atoms with van der Waals surface area (Å²) in [6.07, 6.45) is 4.30. The molecular weight excluding hydrogens is 399 g/mol. The van der Waals surface area contributed by atoms with Gasteiger partial charge in [-0.25, -0.2) is 8.78 Å². The zero-order chi connectivity index (χ0) is 21.7. The summed E-state index contributed by atoms with van der Waals surface area (Å²) in [6, 6.07) is 7.75. The van der Waals surface area contributed by atoms with Gasteiger partial charge in [0.25, 0.3) is 6.08 Å². The van der Waals surface area contributed by atoms with Crippen molar-refractivity contribution in [2.45, 2.75) is 44.4 Å². The first-order valence-corrected chi connectivity index (χ1v) is 9.99. The Labute approximate surface area is 172 Å². The van der Waals surface area contributed by atoms with Crippen LogP contribution in [0.4, 0.5) is 22.0 Å². The molecule has 0 saturated heterocycles. The third-order valence-corrected chi connectivity index (χ3v) is 5.34. The van der Waals surface area contributed by atoms with Gasteiger partial charge in [-0.15, -0.1) is 0 Å². The second kappa shape index (κ2) is 9.92. The van der Waals surface area contributed by atoms with Crippen molar-refractivity contribution in [1.29, 1.82) is 0 Å². The lowest BCUT2D eigenvalue weighted by atomic mass is 9.81. The van der Waals surface area contributed by atoms with Crippen molar-refractivity contribution in [1.82, 2.24) is 0 Å². The molecule has 30 heavy (non-hydrogen) atoms. The Morgan fingerprint density at radius 1 is 0.967 bits per heavy atom. The SMILES string of the molecule is CCOc1ccc(C2C=CC(c3ccc(CCC=C(F)F)cc3F)CC2)c(F)c1F. The lowest BCUT2D eigenvalue weighted by Crippen LogP contribution is -2.10. The molecule has 0 fully saturated rings. The van der Waals surface area contributed by atoms with Crippen molar-refractivity contribution in [3.8, 4) is 5.75 Å². The Bertz CT molecular complexity index is 947. The van der Waals surface area contributed by atoms with Crippen molar-refractivity contribution in [3.05, 3.63) is 88.8 Å². The fraction of sp³-hybridized carbons (Fsp3) is 0.333. The van der Waals surface area contributed by atoms with E-state index in [1.807, 2.05) is 6.08 Å². The van der Waals surface area contributed by atoms with Crippen LogP contribution in [0.5, 0.6) is 5.75 Å². The van der Waals surface area contributed by atoms with Gasteiger partial charge in [0.05, 0.1) is 6.61 Å². The van der Waals surface area contributed by atoms with E-state index in [0.29, 0.717) is 30.4 Å². The van der Waals surface area contributed by atoms with Crippen LogP contribution in [0.15, 0.2) is 54.6 Å². The van der Waals surface area contributed by atoms with E-state index in [9.17, 15) is 22.0 Å². The highest BCUT2D eigenvalue weighted by Crippen LogP contribution is 2.38. The molecule has 2 aromatic carbocycles. The highest BCUT2D eigenvalue weighted by Gasteiger charge is 2.25. The summed E-state index contributed by atoms with van der Waals surface area (Å²) >= 11 is 0. The summed E-state index contributed by atoms with van der Waals surface area (Å²) in [5.74, 6) is -2.87. The number of halogens is 5. The van der Waals surface area contributed by atoms with Gasteiger partial charge in [0.2, 0.25) is 5.82 Å². The van der Waals surface area contributed by atoms with Crippen molar-refractivity contribution < 1.29 is 26.7 Å². The Morgan fingerprint density at radius 2 is 1.63 bits per heavy atom. The molecule has 160 valence electrons. The third-order valence-electron chi connectivity index (χ3n) is 5.34. The molecule has 0 radical (unpaired) electrons. The molecule has 0 spiro atoms. The summed E-state index contributed by atoms with van der Waals surface area (Å²) in [4.78, 5) is 0. The number of aryl methyl sites for hydroxylation is 1. The monoisotopic (exact) mass is 422 g/mol. The quantitative estimate of drug-likeness (QED) is 0.333. The predicted octanol–water partition coefficient (Wildman–Crippen LogP) is 7.43. The Balaban J connectivity index is 1.72. The molecule has 0 heterocycles. The van der Waals surface area contributed by atoms with Gasteiger partial charge in [0.1, 0.15) is 5.82 Å². The largest absolute Gasteiger partial charge is 0.491 e. The molecule has 1 aliphatic carbocycles. The molecule has 1 aliphatic rings. The van der Waals surface area contributed by atoms with Gasteiger partial charge in [-0.3, -0.25) is 0 Å². The summed E-state index contributed by atoms with van der Waals surface area (Å²) in [5.41, 5.74) is 1.42. The zero-order valence-electron chi connectivity index (χ0n) is 16.6. The molecule has 0 aliphatic heterocycles. The van der Waals surface area contributed by atoms with Crippen molar-refractivity contribution in [2.75, 3.05) is 6.61 Å². The maximum Gasteiger partial charge on any atom is 0.266 e. The molecule has 6 heteroatoms. The highest BCUT2D eigenvalue weighted by atomic mass is 19.3. The molecule has 2 unspecified atom stereocenters. The Kier molecular flexibility index (Phi) is 7.29. The van der Waals surface area contributed by atoms with Crippen molar-refractivity contribution in [2.24, 2.45) is 0 Å². The first-order valence-electron chi connectivity index (χ1n) is 9.99. The molecule has 2 aromatic rings. The number of ether oxygens (including phenoxy) is 1. The number of allylic oxidation sites excluding steroid dienone is 3. The molecule has 0 aromatic heterocycles. The van der Waals surface area contributed by atoms with Gasteiger partial charge in [-0.05, 0) is 67.5 Å². The van der Waals surface area contributed by atoms with E-state index >= 15 is 0 Å². The second-order valence-electron chi connectivity index (χ2n) is 7.28.